The van der Waals surface area contributed by atoms with Gasteiger partial charge in [0.05, 0.1) is 11.0 Å². The van der Waals surface area contributed by atoms with Crippen LogP contribution in [0.3, 0.4) is 0 Å². The van der Waals surface area contributed by atoms with E-state index in [4.69, 9.17) is 0 Å². The summed E-state index contributed by atoms with van der Waals surface area (Å²) in [6.45, 7) is 1.33. The summed E-state index contributed by atoms with van der Waals surface area (Å²) in [5.74, 6) is -0.463. The molecule has 0 radical (unpaired) electrons. The van der Waals surface area contributed by atoms with Gasteiger partial charge in [0.25, 0.3) is 0 Å². The number of nitrogens with one attached hydrogen (secondary N) is 1. The number of aryl methyl sites for hydroxylation is 2. The van der Waals surface area contributed by atoms with E-state index in [-0.39, 0.29) is 17.0 Å². The van der Waals surface area contributed by atoms with E-state index in [1.165, 1.54) is 19.1 Å². The fraction of sp³-hybridized carbons (Fsp3) is 0.222. The van der Waals surface area contributed by atoms with E-state index in [1.807, 2.05) is 36.0 Å². The number of fused-ring (bicyclic) bond motifs is 1. The third-order valence-corrected chi connectivity index (χ3v) is 5.62. The Kier molecular flexibility index (Phi) is 4.64. The van der Waals surface area contributed by atoms with Crippen LogP contribution in [0.5, 0.6) is 0 Å². The zero-order valence-electron chi connectivity index (χ0n) is 13.9. The minimum Gasteiger partial charge on any atom is -0.387 e. The predicted molar refractivity (Wildman–Crippen MR) is 94.2 cm³/mol. The SMILES string of the molecule is Cc1cc(S(=O)(=O)NCC(O)c2ccc3c(ccn3C)c2)ccc1F. The number of hydrogen-bond donors (Lipinski definition) is 2. The number of sulfonamides is 1. The highest BCUT2D eigenvalue weighted by Gasteiger charge is 2.18. The summed E-state index contributed by atoms with van der Waals surface area (Å²) in [4.78, 5) is -0.0305. The van der Waals surface area contributed by atoms with E-state index < -0.39 is 21.9 Å². The Hall–Kier alpha value is -2.22. The number of rotatable bonds is 5. The normalized spacial score (nSPS) is 13.3. The topological polar surface area (TPSA) is 71.3 Å². The van der Waals surface area contributed by atoms with Crippen LogP contribution in [0, 0.1) is 12.7 Å². The van der Waals surface area contributed by atoms with Gasteiger partial charge in [-0.25, -0.2) is 17.5 Å². The largest absolute Gasteiger partial charge is 0.387 e. The number of aliphatic hydroxyl groups excluding tert-OH is 1. The first-order valence-corrected chi connectivity index (χ1v) is 9.25. The molecule has 0 amide bonds. The van der Waals surface area contributed by atoms with Crippen LogP contribution in [0.1, 0.15) is 17.2 Å². The number of aliphatic hydroxyl groups is 1. The van der Waals surface area contributed by atoms with Crippen molar-refractivity contribution in [3.8, 4) is 0 Å². The lowest BCUT2D eigenvalue weighted by molar-refractivity contribution is 0.182. The average molecular weight is 362 g/mol. The predicted octanol–water partition coefficient (Wildman–Crippen LogP) is 2.64. The van der Waals surface area contributed by atoms with Gasteiger partial charge < -0.3 is 9.67 Å². The van der Waals surface area contributed by atoms with Crippen molar-refractivity contribution in [3.63, 3.8) is 0 Å². The molecular formula is C18H19FN2O3S. The molecule has 2 N–H and O–H groups in total. The van der Waals surface area contributed by atoms with E-state index in [1.54, 1.807) is 6.07 Å². The number of aromatic nitrogens is 1. The molecule has 0 saturated heterocycles. The highest BCUT2D eigenvalue weighted by molar-refractivity contribution is 7.89. The molecule has 0 fully saturated rings. The molecule has 0 aliphatic heterocycles. The first-order chi connectivity index (χ1) is 11.8. The summed E-state index contributed by atoms with van der Waals surface area (Å²) < 4.78 is 42.2. The van der Waals surface area contributed by atoms with Crippen molar-refractivity contribution < 1.29 is 17.9 Å². The summed E-state index contributed by atoms with van der Waals surface area (Å²) in [6.07, 6.45) is 0.932. The van der Waals surface area contributed by atoms with Crippen LogP contribution in [0.2, 0.25) is 0 Å². The fourth-order valence-electron chi connectivity index (χ4n) is 2.68. The van der Waals surface area contributed by atoms with Gasteiger partial charge in [-0.3, -0.25) is 0 Å². The van der Waals surface area contributed by atoms with Gasteiger partial charge in [0.2, 0.25) is 10.0 Å². The minimum absolute atomic E-state index is 0.0305. The lowest BCUT2D eigenvalue weighted by Gasteiger charge is -2.13. The molecule has 7 heteroatoms. The number of benzene rings is 2. The molecule has 0 aliphatic rings. The molecule has 25 heavy (non-hydrogen) atoms. The zero-order valence-corrected chi connectivity index (χ0v) is 14.7. The molecule has 3 aromatic rings. The van der Waals surface area contributed by atoms with Crippen molar-refractivity contribution in [2.75, 3.05) is 6.54 Å². The Morgan fingerprint density at radius 1 is 1.20 bits per heavy atom. The lowest BCUT2D eigenvalue weighted by Crippen LogP contribution is -2.28. The molecule has 0 bridgehead atoms. The molecule has 3 rings (SSSR count). The zero-order chi connectivity index (χ0) is 18.2. The summed E-state index contributed by atoms with van der Waals surface area (Å²) >= 11 is 0. The highest BCUT2D eigenvalue weighted by Crippen LogP contribution is 2.21. The Labute approximate surface area is 145 Å². The molecule has 1 aromatic heterocycles. The van der Waals surface area contributed by atoms with E-state index in [0.717, 1.165) is 17.0 Å². The van der Waals surface area contributed by atoms with Gasteiger partial charge >= 0.3 is 0 Å². The quantitative estimate of drug-likeness (QED) is 0.733. The van der Waals surface area contributed by atoms with Gasteiger partial charge in [-0.15, -0.1) is 0 Å². The van der Waals surface area contributed by atoms with E-state index in [2.05, 4.69) is 4.72 Å². The monoisotopic (exact) mass is 362 g/mol. The lowest BCUT2D eigenvalue weighted by atomic mass is 10.1. The number of halogens is 1. The Morgan fingerprint density at radius 3 is 2.68 bits per heavy atom. The Bertz CT molecular complexity index is 1030. The van der Waals surface area contributed by atoms with Gasteiger partial charge in [-0.05, 0) is 59.8 Å². The van der Waals surface area contributed by atoms with Crippen LogP contribution in [0.25, 0.3) is 10.9 Å². The maximum atomic E-state index is 13.3. The van der Waals surface area contributed by atoms with Crippen molar-refractivity contribution in [2.45, 2.75) is 17.9 Å². The van der Waals surface area contributed by atoms with E-state index in [9.17, 15) is 17.9 Å². The molecule has 1 unspecified atom stereocenters. The third kappa shape index (κ3) is 3.58. The number of nitrogens with zero attached hydrogens (tertiary/aromatic N) is 1. The first-order valence-electron chi connectivity index (χ1n) is 7.77. The van der Waals surface area contributed by atoms with Gasteiger partial charge in [-0.2, -0.15) is 0 Å². The van der Waals surface area contributed by atoms with Crippen molar-refractivity contribution in [2.24, 2.45) is 7.05 Å². The molecule has 0 spiro atoms. The van der Waals surface area contributed by atoms with Gasteiger partial charge in [0.15, 0.2) is 0 Å². The van der Waals surface area contributed by atoms with Crippen molar-refractivity contribution in [1.29, 1.82) is 0 Å². The standard InChI is InChI=1S/C18H19FN2O3S/c1-12-9-15(4-5-16(12)19)25(23,24)20-11-18(22)14-3-6-17-13(10-14)7-8-21(17)2/h3-10,18,20,22H,11H2,1-2H3. The fourth-order valence-corrected chi connectivity index (χ4v) is 3.80. The van der Waals surface area contributed by atoms with Crippen LogP contribution in [-0.2, 0) is 17.1 Å². The van der Waals surface area contributed by atoms with Crippen LogP contribution < -0.4 is 4.72 Å². The van der Waals surface area contributed by atoms with Crippen LogP contribution in [0.4, 0.5) is 4.39 Å². The molecule has 2 aromatic carbocycles. The first kappa shape index (κ1) is 17.6. The molecule has 1 heterocycles. The second-order valence-electron chi connectivity index (χ2n) is 6.02. The average Bonchev–Trinajstić information content (AvgIpc) is 2.95. The second-order valence-corrected chi connectivity index (χ2v) is 7.79. The van der Waals surface area contributed by atoms with Crippen molar-refractivity contribution in [3.05, 3.63) is 65.6 Å². The van der Waals surface area contributed by atoms with Crippen LogP contribution >= 0.6 is 0 Å². The maximum absolute atomic E-state index is 13.3. The van der Waals surface area contributed by atoms with Crippen molar-refractivity contribution in [1.82, 2.24) is 9.29 Å². The Morgan fingerprint density at radius 2 is 1.96 bits per heavy atom. The van der Waals surface area contributed by atoms with E-state index >= 15 is 0 Å². The Balaban J connectivity index is 1.75. The third-order valence-electron chi connectivity index (χ3n) is 4.20. The van der Waals surface area contributed by atoms with Gasteiger partial charge in [0.1, 0.15) is 5.82 Å². The number of hydrogen-bond acceptors (Lipinski definition) is 3. The summed E-state index contributed by atoms with van der Waals surface area (Å²) in [6, 6.07) is 11.0. The summed E-state index contributed by atoms with van der Waals surface area (Å²) in [5.41, 5.74) is 1.90. The van der Waals surface area contributed by atoms with Crippen molar-refractivity contribution >= 4 is 20.9 Å². The van der Waals surface area contributed by atoms with Gasteiger partial charge in [0, 0.05) is 25.3 Å². The minimum atomic E-state index is -3.82. The van der Waals surface area contributed by atoms with E-state index in [0.29, 0.717) is 5.56 Å². The highest BCUT2D eigenvalue weighted by atomic mass is 32.2. The molecule has 1 atom stereocenters. The maximum Gasteiger partial charge on any atom is 0.240 e. The molecular weight excluding hydrogens is 343 g/mol. The van der Waals surface area contributed by atoms with Crippen LogP contribution in [-0.4, -0.2) is 24.6 Å². The molecule has 0 aliphatic carbocycles. The molecule has 132 valence electrons. The van der Waals surface area contributed by atoms with Crippen LogP contribution in [0.15, 0.2) is 53.6 Å². The second kappa shape index (κ2) is 6.59. The molecule has 0 saturated carbocycles. The summed E-state index contributed by atoms with van der Waals surface area (Å²) in [7, 11) is -1.89. The van der Waals surface area contributed by atoms with Gasteiger partial charge in [-0.1, -0.05) is 6.07 Å². The smallest absolute Gasteiger partial charge is 0.240 e. The summed E-state index contributed by atoms with van der Waals surface area (Å²) in [5, 5.41) is 11.3. The molecule has 5 nitrogen and oxygen atoms in total.